The highest BCUT2D eigenvalue weighted by molar-refractivity contribution is 5.69. The van der Waals surface area contributed by atoms with Gasteiger partial charge >= 0.3 is 17.9 Å². The molecule has 0 aliphatic rings. The van der Waals surface area contributed by atoms with Crippen molar-refractivity contribution < 1.29 is 28.6 Å². The lowest BCUT2D eigenvalue weighted by atomic mass is 10.0. The second-order valence-electron chi connectivity index (χ2n) is 10.9. The van der Waals surface area contributed by atoms with Crippen molar-refractivity contribution in [2.45, 2.75) is 144 Å². The van der Waals surface area contributed by atoms with Crippen LogP contribution >= 0.6 is 0 Å². The summed E-state index contributed by atoms with van der Waals surface area (Å²) in [6.07, 6.45) is 21.7. The average Bonchev–Trinajstić information content (AvgIpc) is 2.90. The Kier molecular flexibility index (Phi) is 24.3. The Morgan fingerprint density at radius 2 is 1.27 bits per heavy atom. The lowest BCUT2D eigenvalue weighted by molar-refractivity contribution is -0.146. The van der Waals surface area contributed by atoms with E-state index in [9.17, 15) is 14.4 Å². The van der Waals surface area contributed by atoms with Gasteiger partial charge in [0.2, 0.25) is 0 Å². The molecule has 0 spiro atoms. The van der Waals surface area contributed by atoms with Crippen LogP contribution in [0.25, 0.3) is 0 Å². The summed E-state index contributed by atoms with van der Waals surface area (Å²) < 4.78 is 16.1. The molecular formula is C35H56O6. The van der Waals surface area contributed by atoms with Crippen LogP contribution in [0, 0.1) is 11.8 Å². The highest BCUT2D eigenvalue weighted by Gasteiger charge is 2.18. The molecule has 41 heavy (non-hydrogen) atoms. The zero-order valence-corrected chi connectivity index (χ0v) is 26.8. The van der Waals surface area contributed by atoms with Crippen LogP contribution in [-0.2, 0) is 28.6 Å². The van der Waals surface area contributed by atoms with Crippen LogP contribution in [0.5, 0.6) is 0 Å². The quantitative estimate of drug-likeness (QED) is 0.0424. The van der Waals surface area contributed by atoms with Crippen molar-refractivity contribution in [3.63, 3.8) is 0 Å². The van der Waals surface area contributed by atoms with Crippen LogP contribution in [0.1, 0.15) is 138 Å². The van der Waals surface area contributed by atoms with Gasteiger partial charge in [0.05, 0.1) is 0 Å². The highest BCUT2D eigenvalue weighted by Crippen LogP contribution is 2.16. The summed E-state index contributed by atoms with van der Waals surface area (Å²) in [5.41, 5.74) is 2.50. The van der Waals surface area contributed by atoms with Gasteiger partial charge in [0.25, 0.3) is 0 Å². The van der Waals surface area contributed by atoms with E-state index < -0.39 is 18.0 Å². The van der Waals surface area contributed by atoms with E-state index in [1.165, 1.54) is 78.1 Å². The molecule has 0 radical (unpaired) electrons. The van der Waals surface area contributed by atoms with Crippen LogP contribution in [0.4, 0.5) is 0 Å². The predicted octanol–water partition coefficient (Wildman–Crippen LogP) is 8.74. The van der Waals surface area contributed by atoms with Gasteiger partial charge in [0.15, 0.2) is 0 Å². The van der Waals surface area contributed by atoms with Gasteiger partial charge in [-0.25, -0.2) is 0 Å². The molecular weight excluding hydrogens is 516 g/mol. The topological polar surface area (TPSA) is 78.9 Å². The fourth-order valence-corrected chi connectivity index (χ4v) is 4.17. The number of ether oxygens (including phenoxy) is 3. The molecule has 0 fully saturated rings. The molecule has 232 valence electrons. The number of allylic oxidation sites excluding steroid dienone is 3. The molecule has 1 unspecified atom stereocenters. The van der Waals surface area contributed by atoms with Gasteiger partial charge in [-0.05, 0) is 44.9 Å². The van der Waals surface area contributed by atoms with Gasteiger partial charge in [0, 0.05) is 32.3 Å². The van der Waals surface area contributed by atoms with Crippen molar-refractivity contribution in [3.05, 3.63) is 34.9 Å². The van der Waals surface area contributed by atoms with E-state index in [2.05, 4.69) is 18.8 Å². The molecule has 6 nitrogen and oxygen atoms in total. The SMILES string of the molecule is CCCCCCCCCCCCCCCC(=O)OC/C=C(\COC(C)=O)C(C/C=C(\C)C#CC=C(C)C)OC(C)=O. The number of hydrogen-bond donors (Lipinski definition) is 0. The maximum Gasteiger partial charge on any atom is 0.306 e. The Bertz CT molecular complexity index is 895. The van der Waals surface area contributed by atoms with Crippen LogP contribution in [0.2, 0.25) is 0 Å². The molecule has 0 N–H and O–H groups in total. The van der Waals surface area contributed by atoms with E-state index in [0.29, 0.717) is 18.4 Å². The van der Waals surface area contributed by atoms with Crippen molar-refractivity contribution in [2.24, 2.45) is 0 Å². The number of esters is 3. The standard InChI is InChI=1S/C35H56O6/c1-7-8-9-10-11-12-13-14-15-16-17-18-19-23-35(38)39-27-26-33(28-40-31(5)36)34(41-32(6)37)25-24-30(4)22-20-21-29(2)3/h21,24,26,34H,7-19,23,25,27-28H2,1-6H3/b30-24+,33-26+. The molecule has 0 aromatic rings. The Balaban J connectivity index is 4.61. The second-order valence-corrected chi connectivity index (χ2v) is 10.9. The minimum absolute atomic E-state index is 0.0225. The third-order valence-corrected chi connectivity index (χ3v) is 6.51. The van der Waals surface area contributed by atoms with Crippen LogP contribution < -0.4 is 0 Å². The zero-order chi connectivity index (χ0) is 30.7. The molecule has 0 aliphatic carbocycles. The molecule has 0 rings (SSSR count). The normalized spacial score (nSPS) is 12.1. The Morgan fingerprint density at radius 1 is 0.707 bits per heavy atom. The molecule has 0 saturated heterocycles. The maximum atomic E-state index is 12.3. The smallest absolute Gasteiger partial charge is 0.306 e. The van der Waals surface area contributed by atoms with E-state index in [0.717, 1.165) is 30.4 Å². The van der Waals surface area contributed by atoms with Gasteiger partial charge in [-0.3, -0.25) is 14.4 Å². The molecule has 0 aromatic heterocycles. The lowest BCUT2D eigenvalue weighted by Gasteiger charge is -2.19. The minimum atomic E-state index is -0.660. The third kappa shape index (κ3) is 25.9. The van der Waals surface area contributed by atoms with E-state index >= 15 is 0 Å². The first-order chi connectivity index (χ1) is 19.6. The van der Waals surface area contributed by atoms with E-state index in [-0.39, 0.29) is 19.2 Å². The first kappa shape index (κ1) is 38.2. The summed E-state index contributed by atoms with van der Waals surface area (Å²) in [5, 5.41) is 0. The Labute approximate surface area is 250 Å². The van der Waals surface area contributed by atoms with E-state index in [4.69, 9.17) is 14.2 Å². The van der Waals surface area contributed by atoms with Crippen molar-refractivity contribution in [3.8, 4) is 11.8 Å². The number of carbonyl (C=O) groups is 3. The molecule has 1 atom stereocenters. The fraction of sp³-hybridized carbons (Fsp3) is 0.686. The first-order valence-corrected chi connectivity index (χ1v) is 15.6. The molecule has 0 bridgehead atoms. The van der Waals surface area contributed by atoms with Gasteiger partial charge in [0.1, 0.15) is 19.3 Å². The van der Waals surface area contributed by atoms with Gasteiger partial charge in [-0.1, -0.05) is 107 Å². The van der Waals surface area contributed by atoms with Crippen LogP contribution in [0.3, 0.4) is 0 Å². The molecule has 0 aliphatic heterocycles. The van der Waals surface area contributed by atoms with Gasteiger partial charge in [-0.15, -0.1) is 0 Å². The van der Waals surface area contributed by atoms with E-state index in [1.54, 1.807) is 6.08 Å². The molecule has 6 heteroatoms. The maximum absolute atomic E-state index is 12.3. The Hall–Kier alpha value is -2.81. The lowest BCUT2D eigenvalue weighted by Crippen LogP contribution is -2.23. The third-order valence-electron chi connectivity index (χ3n) is 6.51. The zero-order valence-electron chi connectivity index (χ0n) is 26.8. The summed E-state index contributed by atoms with van der Waals surface area (Å²) >= 11 is 0. The highest BCUT2D eigenvalue weighted by atomic mass is 16.6. The number of unbranched alkanes of at least 4 members (excludes halogenated alkanes) is 12. The summed E-state index contributed by atoms with van der Waals surface area (Å²) in [6, 6.07) is 0. The van der Waals surface area contributed by atoms with Crippen LogP contribution in [-0.4, -0.2) is 37.2 Å². The van der Waals surface area contributed by atoms with Crippen molar-refractivity contribution in [1.82, 2.24) is 0 Å². The number of carbonyl (C=O) groups excluding carboxylic acids is 3. The molecule has 0 saturated carbocycles. The van der Waals surface area contributed by atoms with Gasteiger partial charge < -0.3 is 14.2 Å². The Morgan fingerprint density at radius 3 is 1.78 bits per heavy atom. The predicted molar refractivity (Wildman–Crippen MR) is 167 cm³/mol. The van der Waals surface area contributed by atoms with Crippen molar-refractivity contribution >= 4 is 17.9 Å². The van der Waals surface area contributed by atoms with Gasteiger partial charge in [-0.2, -0.15) is 0 Å². The number of hydrogen-bond acceptors (Lipinski definition) is 6. The molecule has 0 aromatic carbocycles. The van der Waals surface area contributed by atoms with Crippen LogP contribution in [0.15, 0.2) is 34.9 Å². The monoisotopic (exact) mass is 572 g/mol. The largest absolute Gasteiger partial charge is 0.461 e. The summed E-state index contributed by atoms with van der Waals surface area (Å²) in [4.78, 5) is 35.5. The summed E-state index contributed by atoms with van der Waals surface area (Å²) in [6.45, 7) is 10.7. The average molecular weight is 573 g/mol. The number of rotatable bonds is 22. The van der Waals surface area contributed by atoms with E-state index in [1.807, 2.05) is 32.9 Å². The van der Waals surface area contributed by atoms with Crippen molar-refractivity contribution in [2.75, 3.05) is 13.2 Å². The molecule has 0 amide bonds. The minimum Gasteiger partial charge on any atom is -0.461 e. The van der Waals surface area contributed by atoms with Crippen molar-refractivity contribution in [1.29, 1.82) is 0 Å². The molecule has 0 heterocycles. The fourth-order valence-electron chi connectivity index (χ4n) is 4.17. The second kappa shape index (κ2) is 26.1. The first-order valence-electron chi connectivity index (χ1n) is 15.6. The summed E-state index contributed by atoms with van der Waals surface area (Å²) in [7, 11) is 0. The summed E-state index contributed by atoms with van der Waals surface area (Å²) in [5.74, 6) is 4.86.